The molecular weight excluding hydrogens is 454 g/mol. The maximum Gasteiger partial charge on any atom is 0.139 e. The lowest BCUT2D eigenvalue weighted by atomic mass is 10.0. The summed E-state index contributed by atoms with van der Waals surface area (Å²) in [5.41, 5.74) is 1.24. The maximum absolute atomic E-state index is 6.59. The van der Waals surface area contributed by atoms with E-state index in [2.05, 4.69) is 42.2 Å². The Morgan fingerprint density at radius 3 is 2.43 bits per heavy atom. The van der Waals surface area contributed by atoms with Crippen LogP contribution in [0.3, 0.4) is 0 Å². The predicted molar refractivity (Wildman–Crippen MR) is 146 cm³/mol. The number of hydrogen-bond donors (Lipinski definition) is 0. The number of likely N-dealkylation sites (tertiary alicyclic amines) is 1. The zero-order valence-corrected chi connectivity index (χ0v) is 21.6. The van der Waals surface area contributed by atoms with E-state index in [-0.39, 0.29) is 0 Å². The predicted octanol–water partition coefficient (Wildman–Crippen LogP) is 7.98. The van der Waals surface area contributed by atoms with E-state index in [0.717, 1.165) is 59.8 Å². The zero-order valence-electron chi connectivity index (χ0n) is 20.8. The quantitative estimate of drug-likeness (QED) is 0.304. The summed E-state index contributed by atoms with van der Waals surface area (Å²) in [6, 6.07) is 18.7. The van der Waals surface area contributed by atoms with Crippen molar-refractivity contribution in [3.05, 3.63) is 71.1 Å². The van der Waals surface area contributed by atoms with Gasteiger partial charge in [-0.2, -0.15) is 0 Å². The summed E-state index contributed by atoms with van der Waals surface area (Å²) >= 11 is 1.96. The van der Waals surface area contributed by atoms with E-state index in [1.165, 1.54) is 42.8 Å². The number of hydrogen-bond acceptors (Lipinski definition) is 5. The molecule has 1 fully saturated rings. The fourth-order valence-corrected chi connectivity index (χ4v) is 6.15. The molecule has 1 saturated heterocycles. The summed E-state index contributed by atoms with van der Waals surface area (Å²) in [5.74, 6) is 3.50. The standard InChI is InChI=1S/C30H35NO3S/c1-3-26-13-16-29(35-26)28-14-7-22-21-25(32-2)12-15-27(22)30(28)34-24-10-8-23(9-11-24)33-20-19-31-17-5-4-6-18-31/h7-15,21,29H,3-6,16-20H2,1-2H3. The van der Waals surface area contributed by atoms with Gasteiger partial charge in [-0.3, -0.25) is 4.90 Å². The Balaban J connectivity index is 1.33. The average molecular weight is 490 g/mol. The SMILES string of the molecule is CCC1=CCC(c2ccc3cc(OC)ccc3c2Oc2ccc(OCCN3CCCCC3)cc2)S1. The Labute approximate surface area is 213 Å². The Hall–Kier alpha value is -2.63. The normalized spacial score (nSPS) is 18.5. The number of piperidine rings is 1. The lowest BCUT2D eigenvalue weighted by Gasteiger charge is -2.26. The summed E-state index contributed by atoms with van der Waals surface area (Å²) in [4.78, 5) is 3.96. The van der Waals surface area contributed by atoms with Gasteiger partial charge in [0.2, 0.25) is 0 Å². The van der Waals surface area contributed by atoms with E-state index < -0.39 is 0 Å². The fourth-order valence-electron chi connectivity index (χ4n) is 4.92. The molecule has 3 aromatic rings. The Morgan fingerprint density at radius 1 is 0.914 bits per heavy atom. The van der Waals surface area contributed by atoms with Crippen LogP contribution in [0.25, 0.3) is 10.8 Å². The molecule has 2 heterocycles. The van der Waals surface area contributed by atoms with Crippen LogP contribution < -0.4 is 14.2 Å². The molecule has 0 amide bonds. The molecule has 1 atom stereocenters. The van der Waals surface area contributed by atoms with Crippen molar-refractivity contribution in [2.24, 2.45) is 0 Å². The van der Waals surface area contributed by atoms with Gasteiger partial charge in [0.05, 0.1) is 7.11 Å². The average Bonchev–Trinajstić information content (AvgIpc) is 3.39. The van der Waals surface area contributed by atoms with E-state index in [9.17, 15) is 0 Å². The van der Waals surface area contributed by atoms with E-state index in [4.69, 9.17) is 14.2 Å². The first-order chi connectivity index (χ1) is 17.2. The lowest BCUT2D eigenvalue weighted by Crippen LogP contribution is -2.33. The van der Waals surface area contributed by atoms with Crippen molar-refractivity contribution in [2.45, 2.75) is 44.3 Å². The summed E-state index contributed by atoms with van der Waals surface area (Å²) in [6.07, 6.45) is 8.47. The van der Waals surface area contributed by atoms with Gasteiger partial charge in [-0.15, -0.1) is 11.8 Å². The topological polar surface area (TPSA) is 30.9 Å². The molecule has 0 spiro atoms. The van der Waals surface area contributed by atoms with Gasteiger partial charge in [0, 0.05) is 22.7 Å². The summed E-state index contributed by atoms with van der Waals surface area (Å²) in [6.45, 7) is 6.34. The van der Waals surface area contributed by atoms with E-state index in [0.29, 0.717) is 5.25 Å². The molecule has 0 radical (unpaired) electrons. The van der Waals surface area contributed by atoms with Gasteiger partial charge >= 0.3 is 0 Å². The molecule has 5 rings (SSSR count). The number of ether oxygens (including phenoxy) is 3. The zero-order chi connectivity index (χ0) is 24.0. The molecule has 35 heavy (non-hydrogen) atoms. The van der Waals surface area contributed by atoms with Gasteiger partial charge in [0.15, 0.2) is 0 Å². The van der Waals surface area contributed by atoms with Crippen LogP contribution in [0.1, 0.15) is 49.8 Å². The summed E-state index contributed by atoms with van der Waals surface area (Å²) < 4.78 is 18.1. The number of fused-ring (bicyclic) bond motifs is 1. The highest BCUT2D eigenvalue weighted by atomic mass is 32.2. The number of benzene rings is 3. The van der Waals surface area contributed by atoms with Crippen molar-refractivity contribution in [3.8, 4) is 23.0 Å². The monoisotopic (exact) mass is 489 g/mol. The second kappa shape index (κ2) is 11.4. The minimum Gasteiger partial charge on any atom is -0.497 e. The van der Waals surface area contributed by atoms with Crippen LogP contribution in [0.4, 0.5) is 0 Å². The highest BCUT2D eigenvalue weighted by Gasteiger charge is 2.24. The number of nitrogens with zero attached hydrogens (tertiary/aromatic N) is 1. The molecule has 0 N–H and O–H groups in total. The number of thioether (sulfide) groups is 1. The minimum absolute atomic E-state index is 0.379. The van der Waals surface area contributed by atoms with Gasteiger partial charge in [0.25, 0.3) is 0 Å². The van der Waals surface area contributed by atoms with Crippen LogP contribution >= 0.6 is 11.8 Å². The molecule has 4 nitrogen and oxygen atoms in total. The molecule has 184 valence electrons. The number of methoxy groups -OCH3 is 1. The van der Waals surface area contributed by atoms with Crippen LogP contribution in [0.15, 0.2) is 65.6 Å². The highest BCUT2D eigenvalue weighted by molar-refractivity contribution is 8.03. The first-order valence-electron chi connectivity index (χ1n) is 12.8. The van der Waals surface area contributed by atoms with Gasteiger partial charge in [-0.25, -0.2) is 0 Å². The molecule has 0 aliphatic carbocycles. The number of rotatable bonds is 9. The first kappa shape index (κ1) is 24.1. The maximum atomic E-state index is 6.59. The van der Waals surface area contributed by atoms with Crippen molar-refractivity contribution in [1.82, 2.24) is 4.90 Å². The van der Waals surface area contributed by atoms with E-state index in [1.54, 1.807) is 7.11 Å². The third-order valence-corrected chi connectivity index (χ3v) is 8.41. The molecule has 2 aliphatic rings. The minimum atomic E-state index is 0.379. The molecule has 2 aliphatic heterocycles. The van der Waals surface area contributed by atoms with Crippen molar-refractivity contribution in [2.75, 3.05) is 33.4 Å². The first-order valence-corrected chi connectivity index (χ1v) is 13.7. The van der Waals surface area contributed by atoms with Crippen molar-refractivity contribution >= 4 is 22.5 Å². The smallest absolute Gasteiger partial charge is 0.139 e. The summed E-state index contributed by atoms with van der Waals surface area (Å²) in [7, 11) is 1.70. The van der Waals surface area contributed by atoms with Crippen molar-refractivity contribution in [3.63, 3.8) is 0 Å². The molecule has 0 saturated carbocycles. The van der Waals surface area contributed by atoms with Crippen molar-refractivity contribution < 1.29 is 14.2 Å². The summed E-state index contributed by atoms with van der Waals surface area (Å²) in [5, 5.41) is 2.60. The van der Waals surface area contributed by atoms with Gasteiger partial charge in [-0.05, 0) is 91.5 Å². The third kappa shape index (κ3) is 5.79. The Bertz CT molecular complexity index is 1170. The Morgan fingerprint density at radius 2 is 1.69 bits per heavy atom. The lowest BCUT2D eigenvalue weighted by molar-refractivity contribution is 0.183. The van der Waals surface area contributed by atoms with Gasteiger partial charge < -0.3 is 14.2 Å². The molecular formula is C30H35NO3S. The second-order valence-corrected chi connectivity index (χ2v) is 10.6. The van der Waals surface area contributed by atoms with Gasteiger partial charge in [0.1, 0.15) is 29.6 Å². The van der Waals surface area contributed by atoms with Crippen LogP contribution in [0, 0.1) is 0 Å². The van der Waals surface area contributed by atoms with Crippen LogP contribution in [-0.4, -0.2) is 38.3 Å². The molecule has 5 heteroatoms. The van der Waals surface area contributed by atoms with Crippen molar-refractivity contribution in [1.29, 1.82) is 0 Å². The van der Waals surface area contributed by atoms with E-state index in [1.807, 2.05) is 42.1 Å². The number of allylic oxidation sites excluding steroid dienone is 2. The van der Waals surface area contributed by atoms with Crippen LogP contribution in [0.2, 0.25) is 0 Å². The second-order valence-electron chi connectivity index (χ2n) is 9.26. The molecule has 0 bridgehead atoms. The highest BCUT2D eigenvalue weighted by Crippen LogP contribution is 2.50. The van der Waals surface area contributed by atoms with Crippen LogP contribution in [0.5, 0.6) is 23.0 Å². The largest absolute Gasteiger partial charge is 0.497 e. The molecule has 3 aromatic carbocycles. The molecule has 0 aromatic heterocycles. The van der Waals surface area contributed by atoms with Crippen LogP contribution in [-0.2, 0) is 0 Å². The van der Waals surface area contributed by atoms with E-state index >= 15 is 0 Å². The molecule has 1 unspecified atom stereocenters. The van der Waals surface area contributed by atoms with Gasteiger partial charge in [-0.1, -0.05) is 31.6 Å². The Kier molecular flexibility index (Phi) is 7.85. The third-order valence-electron chi connectivity index (χ3n) is 6.93. The fraction of sp³-hybridized carbons (Fsp3) is 0.400.